The fourth-order valence-corrected chi connectivity index (χ4v) is 3.41. The van der Waals surface area contributed by atoms with Gasteiger partial charge in [-0.05, 0) is 42.9 Å². The van der Waals surface area contributed by atoms with Crippen LogP contribution in [-0.4, -0.2) is 21.6 Å². The van der Waals surface area contributed by atoms with Crippen LogP contribution in [0.25, 0.3) is 11.5 Å². The molecule has 1 aromatic carbocycles. The van der Waals surface area contributed by atoms with Crippen LogP contribution in [0.2, 0.25) is 9.36 Å². The summed E-state index contributed by atoms with van der Waals surface area (Å²) in [4.78, 5) is 3.44. The van der Waals surface area contributed by atoms with Crippen molar-refractivity contribution in [1.82, 2.24) is 15.1 Å². The summed E-state index contributed by atoms with van der Waals surface area (Å²) in [5.41, 5.74) is 0.862. The molecule has 0 bridgehead atoms. The minimum absolute atomic E-state index is 0.506. The molecule has 2 heterocycles. The standard InChI is InChI=1S/C16H15Cl2N3OS/c1-2-21(9-13-7-8-14(18)23-13)10-15-19-20-16(22-15)11-3-5-12(17)6-4-11/h3-8H,2,9-10H2,1H3. The van der Waals surface area contributed by atoms with E-state index in [0.29, 0.717) is 23.3 Å². The molecular formula is C16H15Cl2N3OS. The van der Waals surface area contributed by atoms with Crippen LogP contribution >= 0.6 is 34.5 Å². The lowest BCUT2D eigenvalue weighted by Crippen LogP contribution is -2.21. The van der Waals surface area contributed by atoms with Gasteiger partial charge in [0.25, 0.3) is 0 Å². The fourth-order valence-electron chi connectivity index (χ4n) is 2.15. The quantitative estimate of drug-likeness (QED) is 0.605. The molecule has 0 radical (unpaired) electrons. The van der Waals surface area contributed by atoms with Gasteiger partial charge in [0.1, 0.15) is 0 Å². The Morgan fingerprint density at radius 2 is 1.83 bits per heavy atom. The van der Waals surface area contributed by atoms with Crippen molar-refractivity contribution < 1.29 is 4.42 Å². The minimum atomic E-state index is 0.506. The van der Waals surface area contributed by atoms with E-state index in [9.17, 15) is 0 Å². The van der Waals surface area contributed by atoms with Crippen molar-refractivity contribution in [2.45, 2.75) is 20.0 Å². The number of hydrogen-bond donors (Lipinski definition) is 0. The van der Waals surface area contributed by atoms with E-state index >= 15 is 0 Å². The zero-order valence-corrected chi connectivity index (χ0v) is 14.8. The Hall–Kier alpha value is -1.40. The van der Waals surface area contributed by atoms with E-state index in [4.69, 9.17) is 27.6 Å². The van der Waals surface area contributed by atoms with Crippen LogP contribution in [0.3, 0.4) is 0 Å². The molecule has 120 valence electrons. The lowest BCUT2D eigenvalue weighted by molar-refractivity contribution is 0.245. The first-order chi connectivity index (χ1) is 11.1. The van der Waals surface area contributed by atoms with Gasteiger partial charge in [-0.25, -0.2) is 0 Å². The van der Waals surface area contributed by atoms with E-state index in [-0.39, 0.29) is 0 Å². The molecule has 3 aromatic rings. The Morgan fingerprint density at radius 1 is 1.04 bits per heavy atom. The number of benzene rings is 1. The summed E-state index contributed by atoms with van der Waals surface area (Å²) < 4.78 is 6.56. The molecule has 0 aliphatic rings. The first kappa shape index (κ1) is 16.5. The summed E-state index contributed by atoms with van der Waals surface area (Å²) in [6, 6.07) is 11.3. The molecule has 7 heteroatoms. The first-order valence-corrected chi connectivity index (χ1v) is 8.76. The average Bonchev–Trinajstić information content (AvgIpc) is 3.17. The van der Waals surface area contributed by atoms with Crippen LogP contribution in [0.15, 0.2) is 40.8 Å². The minimum Gasteiger partial charge on any atom is -0.419 e. The van der Waals surface area contributed by atoms with E-state index in [2.05, 4.69) is 22.0 Å². The van der Waals surface area contributed by atoms with Crippen molar-refractivity contribution in [2.24, 2.45) is 0 Å². The number of halogens is 2. The van der Waals surface area contributed by atoms with Gasteiger partial charge < -0.3 is 4.42 Å². The molecule has 0 aliphatic heterocycles. The summed E-state index contributed by atoms with van der Waals surface area (Å²) in [6.07, 6.45) is 0. The highest BCUT2D eigenvalue weighted by Gasteiger charge is 2.13. The summed E-state index contributed by atoms with van der Waals surface area (Å²) in [7, 11) is 0. The largest absolute Gasteiger partial charge is 0.419 e. The summed E-state index contributed by atoms with van der Waals surface area (Å²) in [5, 5.41) is 8.93. The van der Waals surface area contributed by atoms with E-state index in [1.165, 1.54) is 4.88 Å². The Morgan fingerprint density at radius 3 is 2.48 bits per heavy atom. The Labute approximate surface area is 148 Å². The summed E-state index contributed by atoms with van der Waals surface area (Å²) >= 11 is 13.5. The molecule has 0 aliphatic carbocycles. The predicted octanol–water partition coefficient (Wildman–Crippen LogP) is 5.13. The molecular weight excluding hydrogens is 353 g/mol. The monoisotopic (exact) mass is 367 g/mol. The third-order valence-electron chi connectivity index (χ3n) is 3.37. The third-order valence-corrected chi connectivity index (χ3v) is 4.84. The van der Waals surface area contributed by atoms with E-state index in [1.54, 1.807) is 23.5 Å². The van der Waals surface area contributed by atoms with Gasteiger partial charge in [-0.15, -0.1) is 21.5 Å². The van der Waals surface area contributed by atoms with Crippen LogP contribution in [0.1, 0.15) is 17.7 Å². The van der Waals surface area contributed by atoms with Crippen molar-refractivity contribution in [3.63, 3.8) is 0 Å². The van der Waals surface area contributed by atoms with Crippen LogP contribution in [0.5, 0.6) is 0 Å². The molecule has 4 nitrogen and oxygen atoms in total. The van der Waals surface area contributed by atoms with Gasteiger partial charge in [0.2, 0.25) is 11.8 Å². The Balaban J connectivity index is 1.68. The van der Waals surface area contributed by atoms with Crippen LogP contribution in [0, 0.1) is 0 Å². The molecule has 0 spiro atoms. The first-order valence-electron chi connectivity index (χ1n) is 7.19. The van der Waals surface area contributed by atoms with Gasteiger partial charge in [0, 0.05) is 22.0 Å². The van der Waals surface area contributed by atoms with Gasteiger partial charge in [-0.2, -0.15) is 0 Å². The number of nitrogens with zero attached hydrogens (tertiary/aromatic N) is 3. The SMILES string of the molecule is CCN(Cc1nnc(-c2ccc(Cl)cc2)o1)Cc1ccc(Cl)s1. The van der Waals surface area contributed by atoms with E-state index in [1.807, 2.05) is 24.3 Å². The molecule has 0 saturated carbocycles. The number of thiophene rings is 1. The van der Waals surface area contributed by atoms with Gasteiger partial charge in [-0.1, -0.05) is 30.1 Å². The molecule has 0 N–H and O–H groups in total. The lowest BCUT2D eigenvalue weighted by atomic mass is 10.2. The molecule has 0 atom stereocenters. The second kappa shape index (κ2) is 7.45. The van der Waals surface area contributed by atoms with Crippen LogP contribution in [-0.2, 0) is 13.1 Å². The highest BCUT2D eigenvalue weighted by molar-refractivity contribution is 7.16. The maximum absolute atomic E-state index is 5.98. The lowest BCUT2D eigenvalue weighted by Gasteiger charge is -2.16. The summed E-state index contributed by atoms with van der Waals surface area (Å²) in [5.74, 6) is 1.10. The maximum atomic E-state index is 5.98. The normalized spacial score (nSPS) is 11.3. The smallest absolute Gasteiger partial charge is 0.247 e. The highest BCUT2D eigenvalue weighted by atomic mass is 35.5. The van der Waals surface area contributed by atoms with Crippen molar-refractivity contribution in [1.29, 1.82) is 0 Å². The molecule has 0 saturated heterocycles. The molecule has 2 aromatic heterocycles. The topological polar surface area (TPSA) is 42.2 Å². The van der Waals surface area contributed by atoms with E-state index < -0.39 is 0 Å². The second-order valence-electron chi connectivity index (χ2n) is 5.02. The van der Waals surface area contributed by atoms with E-state index in [0.717, 1.165) is 23.0 Å². The van der Waals surface area contributed by atoms with Crippen LogP contribution < -0.4 is 0 Å². The fraction of sp³-hybridized carbons (Fsp3) is 0.250. The Bertz CT molecular complexity index is 770. The number of rotatable bonds is 6. The van der Waals surface area contributed by atoms with Crippen molar-refractivity contribution in [3.8, 4) is 11.5 Å². The van der Waals surface area contributed by atoms with Crippen molar-refractivity contribution in [2.75, 3.05) is 6.54 Å². The maximum Gasteiger partial charge on any atom is 0.247 e. The van der Waals surface area contributed by atoms with Crippen molar-refractivity contribution >= 4 is 34.5 Å². The molecule has 3 rings (SSSR count). The van der Waals surface area contributed by atoms with Gasteiger partial charge in [0.05, 0.1) is 10.9 Å². The predicted molar refractivity (Wildman–Crippen MR) is 93.9 cm³/mol. The summed E-state index contributed by atoms with van der Waals surface area (Å²) in [6.45, 7) is 4.40. The zero-order chi connectivity index (χ0) is 16.2. The molecule has 0 amide bonds. The molecule has 0 fully saturated rings. The van der Waals surface area contributed by atoms with Gasteiger partial charge in [-0.3, -0.25) is 4.90 Å². The second-order valence-corrected chi connectivity index (χ2v) is 7.25. The highest BCUT2D eigenvalue weighted by Crippen LogP contribution is 2.24. The number of hydrogen-bond acceptors (Lipinski definition) is 5. The average molecular weight is 368 g/mol. The van der Waals surface area contributed by atoms with Gasteiger partial charge >= 0.3 is 0 Å². The number of aromatic nitrogens is 2. The molecule has 23 heavy (non-hydrogen) atoms. The third kappa shape index (κ3) is 4.32. The Kier molecular flexibility index (Phi) is 5.33. The van der Waals surface area contributed by atoms with Crippen LogP contribution in [0.4, 0.5) is 0 Å². The zero-order valence-electron chi connectivity index (χ0n) is 12.5. The van der Waals surface area contributed by atoms with Gasteiger partial charge in [0.15, 0.2) is 0 Å². The molecule has 0 unspecified atom stereocenters. The van der Waals surface area contributed by atoms with Crippen molar-refractivity contribution in [3.05, 3.63) is 56.5 Å².